The molecule has 0 saturated heterocycles. The Hall–Kier alpha value is -0.590. The van der Waals surface area contributed by atoms with Crippen molar-refractivity contribution < 1.29 is 4.79 Å². The zero-order chi connectivity index (χ0) is 14.0. The Morgan fingerprint density at radius 1 is 1.68 bits per heavy atom. The highest BCUT2D eigenvalue weighted by Crippen LogP contribution is 2.41. The zero-order valence-electron chi connectivity index (χ0n) is 11.6. The molecule has 2 unspecified atom stereocenters. The highest BCUT2D eigenvalue weighted by Gasteiger charge is 2.44. The molecule has 1 aliphatic carbocycles. The first-order valence-electron chi connectivity index (χ1n) is 6.58. The molecule has 0 aliphatic heterocycles. The Balaban J connectivity index is 2.02. The predicted octanol–water partition coefficient (Wildman–Crippen LogP) is 2.32. The van der Waals surface area contributed by atoms with Crippen molar-refractivity contribution in [1.29, 1.82) is 0 Å². The van der Waals surface area contributed by atoms with Crippen molar-refractivity contribution in [3.63, 3.8) is 0 Å². The molecule has 0 radical (unpaired) electrons. The standard InChI is InChI=1S/C13H21N3OS2/c1-8(2)16-13(11(14)17)5-4-10(6-13)19-12-15-9(3)7-18-12/h7-8,10,16H,4-6H2,1-3H3,(H2,14,17). The van der Waals surface area contributed by atoms with Crippen LogP contribution in [-0.2, 0) is 4.79 Å². The fourth-order valence-corrected chi connectivity index (χ4v) is 4.99. The molecule has 106 valence electrons. The van der Waals surface area contributed by atoms with Crippen LogP contribution in [0.3, 0.4) is 0 Å². The molecule has 1 aromatic rings. The van der Waals surface area contributed by atoms with Gasteiger partial charge in [-0.25, -0.2) is 4.98 Å². The first-order valence-corrected chi connectivity index (χ1v) is 8.33. The minimum atomic E-state index is -0.530. The maximum absolute atomic E-state index is 11.8. The molecule has 1 saturated carbocycles. The monoisotopic (exact) mass is 299 g/mol. The Morgan fingerprint density at radius 3 is 2.95 bits per heavy atom. The van der Waals surface area contributed by atoms with Crippen LogP contribution in [0.1, 0.15) is 38.8 Å². The van der Waals surface area contributed by atoms with Crippen LogP contribution < -0.4 is 11.1 Å². The third-order valence-electron chi connectivity index (χ3n) is 3.37. The molecular weight excluding hydrogens is 278 g/mol. The maximum atomic E-state index is 11.8. The van der Waals surface area contributed by atoms with E-state index in [9.17, 15) is 4.79 Å². The normalized spacial score (nSPS) is 27.1. The van der Waals surface area contributed by atoms with Crippen LogP contribution in [0.4, 0.5) is 0 Å². The number of nitrogens with one attached hydrogen (secondary N) is 1. The number of hydrogen-bond acceptors (Lipinski definition) is 5. The molecule has 3 N–H and O–H groups in total. The number of nitrogens with two attached hydrogens (primary N) is 1. The smallest absolute Gasteiger partial charge is 0.237 e. The lowest BCUT2D eigenvalue weighted by Gasteiger charge is -2.29. The Labute approximate surface area is 122 Å². The van der Waals surface area contributed by atoms with Gasteiger partial charge in [0.15, 0.2) is 0 Å². The van der Waals surface area contributed by atoms with E-state index in [-0.39, 0.29) is 11.9 Å². The van der Waals surface area contributed by atoms with Crippen LogP contribution >= 0.6 is 23.1 Å². The summed E-state index contributed by atoms with van der Waals surface area (Å²) in [5.74, 6) is -0.223. The second-order valence-electron chi connectivity index (χ2n) is 5.48. The van der Waals surface area contributed by atoms with Crippen LogP contribution in [0, 0.1) is 6.92 Å². The van der Waals surface area contributed by atoms with E-state index in [1.807, 2.05) is 6.92 Å². The van der Waals surface area contributed by atoms with Gasteiger partial charge in [-0.2, -0.15) is 0 Å². The molecule has 0 aromatic carbocycles. The van der Waals surface area contributed by atoms with Gasteiger partial charge in [-0.3, -0.25) is 4.79 Å². The average Bonchev–Trinajstić information content (AvgIpc) is 2.87. The van der Waals surface area contributed by atoms with E-state index in [0.717, 1.165) is 29.3 Å². The van der Waals surface area contributed by atoms with Gasteiger partial charge in [0.1, 0.15) is 4.34 Å². The van der Waals surface area contributed by atoms with Gasteiger partial charge in [0.2, 0.25) is 5.91 Å². The Morgan fingerprint density at radius 2 is 2.42 bits per heavy atom. The van der Waals surface area contributed by atoms with Crippen LogP contribution in [0.25, 0.3) is 0 Å². The van der Waals surface area contributed by atoms with E-state index in [0.29, 0.717) is 5.25 Å². The maximum Gasteiger partial charge on any atom is 0.237 e. The van der Waals surface area contributed by atoms with Crippen molar-refractivity contribution in [2.45, 2.75) is 61.2 Å². The van der Waals surface area contributed by atoms with E-state index in [2.05, 4.69) is 29.5 Å². The summed E-state index contributed by atoms with van der Waals surface area (Å²) < 4.78 is 1.09. The molecule has 1 amide bonds. The minimum Gasteiger partial charge on any atom is -0.368 e. The number of carbonyl (C=O) groups is 1. The number of nitrogens with zero attached hydrogens (tertiary/aromatic N) is 1. The molecule has 2 atom stereocenters. The van der Waals surface area contributed by atoms with Crippen molar-refractivity contribution in [3.05, 3.63) is 11.1 Å². The van der Waals surface area contributed by atoms with Crippen LogP contribution in [-0.4, -0.2) is 27.7 Å². The summed E-state index contributed by atoms with van der Waals surface area (Å²) in [6.45, 7) is 6.11. The summed E-state index contributed by atoms with van der Waals surface area (Å²) in [6.07, 6.45) is 2.62. The fourth-order valence-electron chi connectivity index (χ4n) is 2.61. The largest absolute Gasteiger partial charge is 0.368 e. The molecule has 1 aliphatic rings. The quantitative estimate of drug-likeness (QED) is 0.875. The van der Waals surface area contributed by atoms with Gasteiger partial charge < -0.3 is 11.1 Å². The SMILES string of the molecule is Cc1csc(SC2CCC(NC(C)C)(C(N)=O)C2)n1. The number of carbonyl (C=O) groups excluding carboxylic acids is 1. The molecule has 1 heterocycles. The van der Waals surface area contributed by atoms with Crippen molar-refractivity contribution in [2.75, 3.05) is 0 Å². The zero-order valence-corrected chi connectivity index (χ0v) is 13.2. The van der Waals surface area contributed by atoms with Gasteiger partial charge in [-0.15, -0.1) is 11.3 Å². The van der Waals surface area contributed by atoms with Gasteiger partial charge >= 0.3 is 0 Å². The lowest BCUT2D eigenvalue weighted by atomic mass is 9.96. The number of thiazole rings is 1. The molecule has 4 nitrogen and oxygen atoms in total. The summed E-state index contributed by atoms with van der Waals surface area (Å²) in [5, 5.41) is 5.85. The highest BCUT2D eigenvalue weighted by molar-refractivity contribution is 8.01. The number of rotatable bonds is 5. The summed E-state index contributed by atoms with van der Waals surface area (Å²) in [6, 6.07) is 0.262. The van der Waals surface area contributed by atoms with E-state index in [4.69, 9.17) is 5.73 Å². The van der Waals surface area contributed by atoms with E-state index in [1.165, 1.54) is 0 Å². The van der Waals surface area contributed by atoms with Gasteiger partial charge in [-0.1, -0.05) is 11.8 Å². The van der Waals surface area contributed by atoms with E-state index in [1.54, 1.807) is 23.1 Å². The summed E-state index contributed by atoms with van der Waals surface area (Å²) in [4.78, 5) is 16.3. The minimum absolute atomic E-state index is 0.223. The van der Waals surface area contributed by atoms with Crippen LogP contribution in [0.15, 0.2) is 9.72 Å². The molecule has 0 bridgehead atoms. The number of thioether (sulfide) groups is 1. The van der Waals surface area contributed by atoms with Crippen molar-refractivity contribution >= 4 is 29.0 Å². The van der Waals surface area contributed by atoms with Gasteiger partial charge in [0.25, 0.3) is 0 Å². The van der Waals surface area contributed by atoms with Crippen LogP contribution in [0.5, 0.6) is 0 Å². The van der Waals surface area contributed by atoms with Crippen molar-refractivity contribution in [2.24, 2.45) is 5.73 Å². The third kappa shape index (κ3) is 3.49. The highest BCUT2D eigenvalue weighted by atomic mass is 32.2. The summed E-state index contributed by atoms with van der Waals surface area (Å²) >= 11 is 3.45. The fraction of sp³-hybridized carbons (Fsp3) is 0.692. The first kappa shape index (κ1) is 14.8. The number of amides is 1. The van der Waals surface area contributed by atoms with Crippen molar-refractivity contribution in [3.8, 4) is 0 Å². The molecule has 19 heavy (non-hydrogen) atoms. The topological polar surface area (TPSA) is 68.0 Å². The van der Waals surface area contributed by atoms with Gasteiger partial charge in [0.05, 0.1) is 5.54 Å². The van der Waals surface area contributed by atoms with Gasteiger partial charge in [-0.05, 0) is 40.0 Å². The number of aryl methyl sites for hydroxylation is 1. The summed E-state index contributed by atoms with van der Waals surface area (Å²) in [7, 11) is 0. The second-order valence-corrected chi connectivity index (χ2v) is 7.89. The first-order chi connectivity index (χ1) is 8.91. The number of aromatic nitrogens is 1. The van der Waals surface area contributed by atoms with Gasteiger partial charge in [0, 0.05) is 22.4 Å². The molecule has 6 heteroatoms. The number of primary amides is 1. The second kappa shape index (κ2) is 5.81. The Kier molecular flexibility index (Phi) is 4.53. The summed E-state index contributed by atoms with van der Waals surface area (Å²) in [5.41, 5.74) is 6.15. The average molecular weight is 299 g/mol. The molecule has 1 fully saturated rings. The van der Waals surface area contributed by atoms with Crippen molar-refractivity contribution in [1.82, 2.24) is 10.3 Å². The molecule has 1 aromatic heterocycles. The molecular formula is C13H21N3OS2. The lowest BCUT2D eigenvalue weighted by molar-refractivity contribution is -0.124. The Bertz CT molecular complexity index is 460. The lowest BCUT2D eigenvalue weighted by Crippen LogP contribution is -2.56. The van der Waals surface area contributed by atoms with E-state index >= 15 is 0 Å². The number of hydrogen-bond donors (Lipinski definition) is 2. The van der Waals surface area contributed by atoms with E-state index < -0.39 is 5.54 Å². The predicted molar refractivity (Wildman–Crippen MR) is 80.5 cm³/mol. The third-order valence-corrected chi connectivity index (χ3v) is 5.73. The molecule has 0 spiro atoms. The van der Waals surface area contributed by atoms with Crippen LogP contribution in [0.2, 0.25) is 0 Å². The molecule has 2 rings (SSSR count).